The summed E-state index contributed by atoms with van der Waals surface area (Å²) in [4.78, 5) is 0. The largest absolute Gasteiger partial charge is 0.396 e. The number of nitrogens with zero attached hydrogens (tertiary/aromatic N) is 1. The van der Waals surface area contributed by atoms with Crippen LogP contribution in [0, 0.1) is 9.39 Å². The first-order valence-electron chi connectivity index (χ1n) is 5.17. The minimum atomic E-state index is -3.68. The summed E-state index contributed by atoms with van der Waals surface area (Å²) in [6.45, 7) is 0.136. The van der Waals surface area contributed by atoms with Gasteiger partial charge in [0, 0.05) is 23.8 Å². The maximum atomic E-state index is 12.9. The minimum absolute atomic E-state index is 0.0755. The maximum Gasteiger partial charge on any atom is 0.301 e. The van der Waals surface area contributed by atoms with Crippen LogP contribution in [0.5, 0.6) is 0 Å². The highest BCUT2D eigenvalue weighted by molar-refractivity contribution is 14.1. The van der Waals surface area contributed by atoms with Gasteiger partial charge < -0.3 is 5.11 Å². The fourth-order valence-electron chi connectivity index (χ4n) is 1.20. The van der Waals surface area contributed by atoms with Crippen molar-refractivity contribution in [3.63, 3.8) is 0 Å². The Balaban J connectivity index is 2.82. The zero-order valence-corrected chi connectivity index (χ0v) is 12.7. The lowest BCUT2D eigenvalue weighted by Gasteiger charge is -2.18. The van der Waals surface area contributed by atoms with Gasteiger partial charge in [-0.2, -0.15) is 12.7 Å². The molecular weight excluding hydrogens is 374 g/mol. The third-order valence-corrected chi connectivity index (χ3v) is 4.59. The van der Waals surface area contributed by atoms with E-state index in [1.807, 2.05) is 22.6 Å². The summed E-state index contributed by atoms with van der Waals surface area (Å²) in [6, 6.07) is 3.80. The van der Waals surface area contributed by atoms with Crippen LogP contribution < -0.4 is 4.72 Å². The maximum absolute atomic E-state index is 12.9. The average molecular weight is 388 g/mol. The number of rotatable bonds is 6. The van der Waals surface area contributed by atoms with Crippen LogP contribution in [-0.2, 0) is 10.2 Å². The highest BCUT2D eigenvalue weighted by Crippen LogP contribution is 2.20. The first-order chi connectivity index (χ1) is 8.36. The second-order valence-corrected chi connectivity index (χ2v) is 6.57. The van der Waals surface area contributed by atoms with Crippen molar-refractivity contribution in [1.29, 1.82) is 0 Å². The summed E-state index contributed by atoms with van der Waals surface area (Å²) < 4.78 is 40.6. The van der Waals surface area contributed by atoms with E-state index in [-0.39, 0.29) is 13.2 Å². The molecule has 0 atom stereocenters. The first kappa shape index (κ1) is 15.6. The van der Waals surface area contributed by atoms with Gasteiger partial charge in [0.25, 0.3) is 0 Å². The van der Waals surface area contributed by atoms with Gasteiger partial charge in [0.2, 0.25) is 0 Å². The summed E-state index contributed by atoms with van der Waals surface area (Å²) in [5, 5.41) is 8.66. The topological polar surface area (TPSA) is 69.6 Å². The molecule has 5 nitrogen and oxygen atoms in total. The summed E-state index contributed by atoms with van der Waals surface area (Å²) in [5.41, 5.74) is 0.327. The Kier molecular flexibility index (Phi) is 5.76. The molecule has 18 heavy (non-hydrogen) atoms. The van der Waals surface area contributed by atoms with Gasteiger partial charge in [-0.15, -0.1) is 0 Å². The van der Waals surface area contributed by atoms with Crippen LogP contribution >= 0.6 is 22.6 Å². The SMILES string of the molecule is CN(CCCO)S(=O)(=O)Nc1ccc(F)cc1I. The molecule has 0 bridgehead atoms. The normalized spacial score (nSPS) is 11.8. The van der Waals surface area contributed by atoms with Crippen molar-refractivity contribution in [2.75, 3.05) is 24.9 Å². The Morgan fingerprint density at radius 3 is 2.72 bits per heavy atom. The van der Waals surface area contributed by atoms with Crippen LogP contribution in [0.3, 0.4) is 0 Å². The number of anilines is 1. The van der Waals surface area contributed by atoms with Crippen LogP contribution in [0.25, 0.3) is 0 Å². The zero-order chi connectivity index (χ0) is 13.8. The number of aliphatic hydroxyl groups is 1. The van der Waals surface area contributed by atoms with Gasteiger partial charge >= 0.3 is 10.2 Å². The zero-order valence-electron chi connectivity index (χ0n) is 9.73. The van der Waals surface area contributed by atoms with Crippen LogP contribution in [-0.4, -0.2) is 38.0 Å². The predicted molar refractivity (Wildman–Crippen MR) is 76.0 cm³/mol. The lowest BCUT2D eigenvalue weighted by molar-refractivity contribution is 0.276. The van der Waals surface area contributed by atoms with E-state index in [1.54, 1.807) is 0 Å². The Bertz CT molecular complexity index is 510. The molecule has 1 aromatic rings. The summed E-state index contributed by atoms with van der Waals surface area (Å²) in [6.07, 6.45) is 0.359. The summed E-state index contributed by atoms with van der Waals surface area (Å²) in [7, 11) is -2.26. The number of benzene rings is 1. The van der Waals surface area contributed by atoms with E-state index in [1.165, 1.54) is 25.2 Å². The first-order valence-corrected chi connectivity index (χ1v) is 7.68. The van der Waals surface area contributed by atoms with Crippen molar-refractivity contribution >= 4 is 38.5 Å². The van der Waals surface area contributed by atoms with Crippen LogP contribution in [0.4, 0.5) is 10.1 Å². The standard InChI is InChI=1S/C10H14FIN2O3S/c1-14(5-2-6-15)18(16,17)13-10-4-3-8(11)7-9(10)12/h3-4,7,13,15H,2,5-6H2,1H3. The minimum Gasteiger partial charge on any atom is -0.396 e. The van der Waals surface area contributed by atoms with E-state index in [0.29, 0.717) is 15.7 Å². The molecule has 0 fully saturated rings. The third kappa shape index (κ3) is 4.34. The van der Waals surface area contributed by atoms with Crippen molar-refractivity contribution in [3.8, 4) is 0 Å². The average Bonchev–Trinajstić information content (AvgIpc) is 2.29. The number of nitrogens with one attached hydrogen (secondary N) is 1. The lowest BCUT2D eigenvalue weighted by atomic mass is 10.3. The molecule has 0 spiro atoms. The van der Waals surface area contributed by atoms with Gasteiger partial charge in [-0.05, 0) is 47.2 Å². The van der Waals surface area contributed by atoms with E-state index in [0.717, 1.165) is 4.31 Å². The third-order valence-electron chi connectivity index (χ3n) is 2.21. The second kappa shape index (κ2) is 6.64. The summed E-state index contributed by atoms with van der Waals surface area (Å²) >= 11 is 1.85. The molecule has 0 saturated heterocycles. The van der Waals surface area contributed by atoms with Crippen LogP contribution in [0.2, 0.25) is 0 Å². The molecule has 102 valence electrons. The highest BCUT2D eigenvalue weighted by Gasteiger charge is 2.18. The Morgan fingerprint density at radius 1 is 1.50 bits per heavy atom. The van der Waals surface area contributed by atoms with E-state index in [4.69, 9.17) is 5.11 Å². The molecule has 1 rings (SSSR count). The molecule has 8 heteroatoms. The number of halogens is 2. The molecule has 0 saturated carbocycles. The van der Waals surface area contributed by atoms with E-state index in [2.05, 4.69) is 4.72 Å². The van der Waals surface area contributed by atoms with Gasteiger partial charge in [-0.25, -0.2) is 4.39 Å². The Labute approximate surface area is 119 Å². The van der Waals surface area contributed by atoms with Crippen molar-refractivity contribution in [2.45, 2.75) is 6.42 Å². The fraction of sp³-hybridized carbons (Fsp3) is 0.400. The second-order valence-electron chi connectivity index (χ2n) is 3.63. The van der Waals surface area contributed by atoms with Crippen molar-refractivity contribution in [3.05, 3.63) is 27.6 Å². The van der Waals surface area contributed by atoms with Crippen molar-refractivity contribution in [2.24, 2.45) is 0 Å². The molecule has 0 aliphatic carbocycles. The monoisotopic (exact) mass is 388 g/mol. The molecule has 0 radical (unpaired) electrons. The quantitative estimate of drug-likeness (QED) is 0.724. The molecule has 2 N–H and O–H groups in total. The molecule has 0 aromatic heterocycles. The lowest BCUT2D eigenvalue weighted by Crippen LogP contribution is -2.33. The van der Waals surface area contributed by atoms with Gasteiger partial charge in [0.15, 0.2) is 0 Å². The van der Waals surface area contributed by atoms with Crippen LogP contribution in [0.15, 0.2) is 18.2 Å². The Morgan fingerprint density at radius 2 is 2.17 bits per heavy atom. The molecule has 0 heterocycles. The number of hydrogen-bond donors (Lipinski definition) is 2. The smallest absolute Gasteiger partial charge is 0.301 e. The van der Waals surface area contributed by atoms with Crippen molar-refractivity contribution in [1.82, 2.24) is 4.31 Å². The van der Waals surface area contributed by atoms with Gasteiger partial charge in [-0.1, -0.05) is 0 Å². The summed E-state index contributed by atoms with van der Waals surface area (Å²) in [5.74, 6) is -0.420. The predicted octanol–water partition coefficient (Wildman–Crippen LogP) is 1.40. The fourth-order valence-corrected chi connectivity index (χ4v) is 2.98. The Hall–Kier alpha value is -0.450. The van der Waals surface area contributed by atoms with Gasteiger partial charge in [-0.3, -0.25) is 4.72 Å². The van der Waals surface area contributed by atoms with Gasteiger partial charge in [0.05, 0.1) is 5.69 Å². The van der Waals surface area contributed by atoms with E-state index >= 15 is 0 Å². The van der Waals surface area contributed by atoms with Gasteiger partial charge in [0.1, 0.15) is 5.82 Å². The number of aliphatic hydroxyl groups excluding tert-OH is 1. The van der Waals surface area contributed by atoms with E-state index < -0.39 is 16.0 Å². The molecule has 1 aromatic carbocycles. The molecular formula is C10H14FIN2O3S. The van der Waals surface area contributed by atoms with Crippen LogP contribution in [0.1, 0.15) is 6.42 Å². The number of hydrogen-bond acceptors (Lipinski definition) is 3. The molecule has 0 aliphatic rings. The van der Waals surface area contributed by atoms with E-state index in [9.17, 15) is 12.8 Å². The van der Waals surface area contributed by atoms with Crippen molar-refractivity contribution < 1.29 is 17.9 Å². The molecule has 0 unspecified atom stereocenters. The highest BCUT2D eigenvalue weighted by atomic mass is 127. The molecule has 0 amide bonds. The molecule has 0 aliphatic heterocycles.